The Kier molecular flexibility index (Phi) is 4.88. The molecule has 5 heterocycles. The van der Waals surface area contributed by atoms with Crippen LogP contribution in [-0.4, -0.2) is 8.07 Å². The molecule has 0 N–H and O–H groups in total. The molecule has 5 heteroatoms. The fourth-order valence-electron chi connectivity index (χ4n) is 8.32. The second-order valence-electron chi connectivity index (χ2n) is 14.0. The Labute approximate surface area is 248 Å². The first kappa shape index (κ1) is 24.6. The normalized spacial score (nSPS) is 26.0. The van der Waals surface area contributed by atoms with Gasteiger partial charge in [0, 0.05) is 28.5 Å². The van der Waals surface area contributed by atoms with Gasteiger partial charge in [-0.2, -0.15) is 9.13 Å². The molecule has 3 aliphatic heterocycles. The fourth-order valence-corrected chi connectivity index (χ4v) is 9.69. The van der Waals surface area contributed by atoms with Crippen LogP contribution in [0.4, 0.5) is 0 Å². The largest absolute Gasteiger partial charge is 0.449 e. The van der Waals surface area contributed by atoms with E-state index >= 15 is 0 Å². The van der Waals surface area contributed by atoms with E-state index in [4.69, 9.17) is 9.47 Å². The molecule has 4 aromatic rings. The summed E-state index contributed by atoms with van der Waals surface area (Å²) in [4.78, 5) is 0. The number of para-hydroxylation sites is 2. The summed E-state index contributed by atoms with van der Waals surface area (Å²) in [5.74, 6) is 4.97. The zero-order valence-corrected chi connectivity index (χ0v) is 25.9. The number of allylic oxidation sites excluding steroid dienone is 4. The molecule has 9 rings (SSSR count). The molecule has 0 radical (unpaired) electrons. The number of nitrogens with zero attached hydrogens (tertiary/aromatic N) is 2. The minimum absolute atomic E-state index is 0.269. The fraction of sp³-hybridized carbons (Fsp3) is 0.297. The maximum absolute atomic E-state index is 6.81. The van der Waals surface area contributed by atoms with E-state index in [1.54, 1.807) is 16.7 Å². The van der Waals surface area contributed by atoms with Gasteiger partial charge in [-0.05, 0) is 54.5 Å². The Morgan fingerprint density at radius 2 is 1.55 bits per heavy atom. The molecule has 2 aromatic heterocycles. The number of ether oxygens (including phenoxy) is 2. The summed E-state index contributed by atoms with van der Waals surface area (Å²) in [7, 11) is -1.81. The number of fused-ring (bicyclic) bond motifs is 11. The summed E-state index contributed by atoms with van der Waals surface area (Å²) in [5, 5.41) is 1.31. The molecule has 1 fully saturated rings. The van der Waals surface area contributed by atoms with Crippen molar-refractivity contribution in [1.29, 1.82) is 0 Å². The van der Waals surface area contributed by atoms with Gasteiger partial charge in [0.25, 0.3) is 5.69 Å². The molecule has 2 aromatic carbocycles. The van der Waals surface area contributed by atoms with Crippen molar-refractivity contribution in [2.45, 2.75) is 58.3 Å². The van der Waals surface area contributed by atoms with Crippen LogP contribution in [0, 0.1) is 11.8 Å². The number of hydrogen-bond donors (Lipinski definition) is 0. The van der Waals surface area contributed by atoms with Gasteiger partial charge >= 0.3 is 0 Å². The Morgan fingerprint density at radius 3 is 2.33 bits per heavy atom. The molecule has 0 spiro atoms. The number of rotatable bonds is 1. The van der Waals surface area contributed by atoms with E-state index in [-0.39, 0.29) is 6.04 Å². The second kappa shape index (κ2) is 8.32. The highest BCUT2D eigenvalue weighted by molar-refractivity contribution is 6.89. The van der Waals surface area contributed by atoms with Crippen LogP contribution in [0.1, 0.15) is 49.9 Å². The van der Waals surface area contributed by atoms with Gasteiger partial charge in [0.15, 0.2) is 35.7 Å². The van der Waals surface area contributed by atoms with Gasteiger partial charge in [-0.25, -0.2) is 0 Å². The third-order valence-corrected chi connectivity index (χ3v) is 12.0. The smallest absolute Gasteiger partial charge is 0.260 e. The van der Waals surface area contributed by atoms with Crippen molar-refractivity contribution in [1.82, 2.24) is 0 Å². The standard InChI is InChI=1S/C37H36N2O2Si/c1-21-18-22(2)30-25(19-21)26-14-10-11-17-38(26)34(30)32-31-23-12-6-7-13-24(23)33-37-36(40-27-15-8-9-16-28(27)41-37)29(42(3,4)5)20-39(33)35(31)32/h6-17,20-22,31,35H,18-19H2,1-5H3/q+2/b34-32+. The molecule has 0 amide bonds. The lowest BCUT2D eigenvalue weighted by Crippen LogP contribution is -2.49. The summed E-state index contributed by atoms with van der Waals surface area (Å²) >= 11 is 0. The van der Waals surface area contributed by atoms with Crippen LogP contribution in [0.5, 0.6) is 23.0 Å². The van der Waals surface area contributed by atoms with Crippen molar-refractivity contribution in [3.05, 3.63) is 102 Å². The Balaban J connectivity index is 1.34. The predicted octanol–water partition coefficient (Wildman–Crippen LogP) is 7.77. The molecule has 1 saturated carbocycles. The maximum atomic E-state index is 6.81. The van der Waals surface area contributed by atoms with Crippen molar-refractivity contribution in [3.8, 4) is 34.3 Å². The first-order valence-electron chi connectivity index (χ1n) is 15.5. The second-order valence-corrected chi connectivity index (χ2v) is 19.0. The lowest BCUT2D eigenvalue weighted by Gasteiger charge is -2.28. The highest BCUT2D eigenvalue weighted by atomic mass is 28.3. The Hall–Kier alpha value is -3.96. The van der Waals surface area contributed by atoms with Gasteiger partial charge in [-0.1, -0.05) is 63.8 Å². The monoisotopic (exact) mass is 568 g/mol. The molecule has 0 bridgehead atoms. The minimum atomic E-state index is -1.81. The minimum Gasteiger partial charge on any atom is -0.449 e. The van der Waals surface area contributed by atoms with E-state index in [1.165, 1.54) is 34.1 Å². The average Bonchev–Trinajstić information content (AvgIpc) is 3.63. The van der Waals surface area contributed by atoms with Crippen LogP contribution in [0.15, 0.2) is 90.3 Å². The Morgan fingerprint density at radius 1 is 0.833 bits per heavy atom. The molecular weight excluding hydrogens is 533 g/mol. The van der Waals surface area contributed by atoms with E-state index in [2.05, 4.69) is 97.5 Å². The van der Waals surface area contributed by atoms with E-state index in [1.807, 2.05) is 24.3 Å². The van der Waals surface area contributed by atoms with Crippen molar-refractivity contribution >= 4 is 24.5 Å². The van der Waals surface area contributed by atoms with Crippen LogP contribution in [0.2, 0.25) is 19.6 Å². The van der Waals surface area contributed by atoms with Gasteiger partial charge in [0.05, 0.1) is 25.1 Å². The lowest BCUT2D eigenvalue weighted by atomic mass is 9.77. The van der Waals surface area contributed by atoms with Crippen LogP contribution in [0.25, 0.3) is 22.5 Å². The highest BCUT2D eigenvalue weighted by Crippen LogP contribution is 2.65. The van der Waals surface area contributed by atoms with E-state index in [0.717, 1.165) is 35.1 Å². The van der Waals surface area contributed by atoms with E-state index in [0.29, 0.717) is 17.8 Å². The summed E-state index contributed by atoms with van der Waals surface area (Å²) in [6, 6.07) is 24.1. The first-order valence-corrected chi connectivity index (χ1v) is 19.0. The summed E-state index contributed by atoms with van der Waals surface area (Å²) in [6.45, 7) is 12.1. The van der Waals surface area contributed by atoms with Gasteiger partial charge in [-0.3, -0.25) is 0 Å². The summed E-state index contributed by atoms with van der Waals surface area (Å²) < 4.78 is 18.6. The van der Waals surface area contributed by atoms with Crippen molar-refractivity contribution in [2.75, 3.05) is 0 Å². The zero-order valence-electron chi connectivity index (χ0n) is 24.9. The molecule has 0 saturated heterocycles. The van der Waals surface area contributed by atoms with E-state index < -0.39 is 8.07 Å². The molecule has 42 heavy (non-hydrogen) atoms. The SMILES string of the molecule is CC1CC2=C(/C(=C3/C4c5ccccc5-c5c6c(c([Si](C)(C)C)c[n+]5C34)Oc3ccccc3O6)[n+]3ccccc32)C(C)C1. The van der Waals surface area contributed by atoms with Crippen LogP contribution in [-0.2, 0) is 0 Å². The van der Waals surface area contributed by atoms with Crippen molar-refractivity contribution in [2.24, 2.45) is 11.8 Å². The summed E-state index contributed by atoms with van der Waals surface area (Å²) in [5.41, 5.74) is 11.3. The third kappa shape index (κ3) is 3.23. The lowest BCUT2D eigenvalue weighted by molar-refractivity contribution is -0.688. The van der Waals surface area contributed by atoms with Gasteiger partial charge in [0.1, 0.15) is 0 Å². The maximum Gasteiger partial charge on any atom is 0.260 e. The average molecular weight is 569 g/mol. The predicted molar refractivity (Wildman–Crippen MR) is 168 cm³/mol. The van der Waals surface area contributed by atoms with Gasteiger partial charge in [-0.15, -0.1) is 0 Å². The Bertz CT molecular complexity index is 1930. The molecule has 5 aliphatic rings. The highest BCUT2D eigenvalue weighted by Gasteiger charge is 2.65. The number of benzene rings is 2. The molecule has 4 unspecified atom stereocenters. The zero-order chi connectivity index (χ0) is 28.5. The van der Waals surface area contributed by atoms with Gasteiger partial charge < -0.3 is 9.47 Å². The number of hydrogen-bond acceptors (Lipinski definition) is 2. The quantitative estimate of drug-likeness (QED) is 0.153. The molecule has 4 atom stereocenters. The number of aromatic nitrogens is 2. The van der Waals surface area contributed by atoms with Crippen LogP contribution in [0.3, 0.4) is 0 Å². The third-order valence-electron chi connectivity index (χ3n) is 10.0. The topological polar surface area (TPSA) is 26.2 Å². The van der Waals surface area contributed by atoms with Crippen LogP contribution < -0.4 is 23.8 Å². The van der Waals surface area contributed by atoms with E-state index in [9.17, 15) is 0 Å². The molecular formula is C37H36N2O2Si+2. The van der Waals surface area contributed by atoms with Crippen molar-refractivity contribution < 1.29 is 18.6 Å². The number of pyridine rings is 2. The molecule has 4 nitrogen and oxygen atoms in total. The van der Waals surface area contributed by atoms with Crippen LogP contribution >= 0.6 is 0 Å². The molecule has 2 aliphatic carbocycles. The summed E-state index contributed by atoms with van der Waals surface area (Å²) in [6.07, 6.45) is 7.14. The first-order chi connectivity index (χ1) is 20.3. The van der Waals surface area contributed by atoms with Gasteiger partial charge in [0.2, 0.25) is 17.1 Å². The molecule has 208 valence electrons. The van der Waals surface area contributed by atoms with Crippen molar-refractivity contribution in [3.63, 3.8) is 0 Å².